The van der Waals surface area contributed by atoms with E-state index in [2.05, 4.69) is 11.9 Å². The number of ether oxygens (including phenoxy) is 1. The number of nitrogens with zero attached hydrogens (tertiary/aromatic N) is 1. The molecule has 1 amide bonds. The molecular weight excluding hydrogens is 682 g/mol. The molecule has 1 fully saturated rings. The molecule has 1 aliphatic heterocycles. The Hall–Kier alpha value is -1.92. The smallest absolute Gasteiger partial charge is 0.439 e. The number of carbonyl (C=O) groups excluding carboxylic acids is 2. The van der Waals surface area contributed by atoms with Gasteiger partial charge in [0.25, 0.3) is 10.0 Å². The van der Waals surface area contributed by atoms with Crippen molar-refractivity contribution in [2.75, 3.05) is 13.2 Å². The Balaban J connectivity index is 2.61. The van der Waals surface area contributed by atoms with E-state index in [9.17, 15) is 52.8 Å². The van der Waals surface area contributed by atoms with Gasteiger partial charge in [-0.1, -0.05) is 57.9 Å². The standard InChI is InChI=1S/C29H48F6N2O8S2/c1-21(2)23(38)36-17-15-13-11-9-7-8-10-12-14-16-18-45-24(39)22-19-25(3,4)37(26(5,6)20-22)46(40,41)28(32,33)27(30,31)29(34,35)47(42,43)44/h22H,1,7-20H2,2-6H3,(H,36,38)(H,42,43,44). The van der Waals surface area contributed by atoms with Crippen LogP contribution in [0.2, 0.25) is 0 Å². The number of sulfonamides is 1. The molecule has 1 rings (SSSR count). The van der Waals surface area contributed by atoms with Crippen LogP contribution >= 0.6 is 0 Å². The summed E-state index contributed by atoms with van der Waals surface area (Å²) in [4.78, 5) is 24.2. The van der Waals surface area contributed by atoms with E-state index < -0.39 is 72.4 Å². The van der Waals surface area contributed by atoms with Gasteiger partial charge in [-0.3, -0.25) is 14.1 Å². The van der Waals surface area contributed by atoms with E-state index in [0.29, 0.717) is 18.5 Å². The Morgan fingerprint density at radius 1 is 0.809 bits per heavy atom. The van der Waals surface area contributed by atoms with E-state index in [4.69, 9.17) is 9.29 Å². The fraction of sp³-hybridized carbons (Fsp3) is 0.862. The number of halogens is 6. The van der Waals surface area contributed by atoms with Crippen molar-refractivity contribution in [3.05, 3.63) is 12.2 Å². The molecule has 0 bridgehead atoms. The molecule has 10 nitrogen and oxygen atoms in total. The maximum atomic E-state index is 14.8. The molecule has 0 saturated carbocycles. The lowest BCUT2D eigenvalue weighted by Crippen LogP contribution is -2.70. The molecule has 0 aromatic rings. The van der Waals surface area contributed by atoms with Gasteiger partial charge in [0.05, 0.1) is 12.5 Å². The number of unbranched alkanes of at least 4 members (excludes halogenated alkanes) is 9. The molecule has 276 valence electrons. The fourth-order valence-electron chi connectivity index (χ4n) is 5.97. The number of esters is 1. The maximum Gasteiger partial charge on any atom is 0.439 e. The maximum absolute atomic E-state index is 14.8. The van der Waals surface area contributed by atoms with Gasteiger partial charge in [0.1, 0.15) is 0 Å². The molecule has 0 aromatic heterocycles. The Morgan fingerprint density at radius 3 is 1.62 bits per heavy atom. The summed E-state index contributed by atoms with van der Waals surface area (Å²) >= 11 is 0. The van der Waals surface area contributed by atoms with Crippen LogP contribution in [0, 0.1) is 5.92 Å². The van der Waals surface area contributed by atoms with Gasteiger partial charge < -0.3 is 10.1 Å². The number of piperidine rings is 1. The zero-order valence-electron chi connectivity index (χ0n) is 27.5. The molecule has 18 heteroatoms. The molecular formula is C29H48F6N2O8S2. The van der Waals surface area contributed by atoms with Gasteiger partial charge in [0.15, 0.2) is 0 Å². The third-order valence-electron chi connectivity index (χ3n) is 8.03. The van der Waals surface area contributed by atoms with Crippen molar-refractivity contribution in [2.45, 2.75) is 139 Å². The van der Waals surface area contributed by atoms with Crippen LogP contribution in [0.5, 0.6) is 0 Å². The summed E-state index contributed by atoms with van der Waals surface area (Å²) in [6.45, 7) is 10.0. The van der Waals surface area contributed by atoms with Gasteiger partial charge in [0.2, 0.25) is 5.91 Å². The van der Waals surface area contributed by atoms with Crippen molar-refractivity contribution in [3.8, 4) is 0 Å². The summed E-state index contributed by atoms with van der Waals surface area (Å²) in [6.07, 6.45) is 8.37. The van der Waals surface area contributed by atoms with E-state index >= 15 is 0 Å². The highest BCUT2D eigenvalue weighted by Gasteiger charge is 2.83. The lowest BCUT2D eigenvalue weighted by molar-refractivity contribution is -0.248. The molecule has 2 N–H and O–H groups in total. The molecule has 47 heavy (non-hydrogen) atoms. The third-order valence-corrected chi connectivity index (χ3v) is 11.3. The summed E-state index contributed by atoms with van der Waals surface area (Å²) in [5.74, 6) is -9.03. The Labute approximate surface area is 273 Å². The summed E-state index contributed by atoms with van der Waals surface area (Å²) < 4.78 is 147. The van der Waals surface area contributed by atoms with E-state index in [-0.39, 0.29) is 16.8 Å². The largest absolute Gasteiger partial charge is 0.465 e. The van der Waals surface area contributed by atoms with E-state index in [1.807, 2.05) is 0 Å². The van der Waals surface area contributed by atoms with Gasteiger partial charge in [-0.25, -0.2) is 8.42 Å². The minimum absolute atomic E-state index is 0.0368. The summed E-state index contributed by atoms with van der Waals surface area (Å²) in [5, 5.41) is -10.7. The first-order chi connectivity index (χ1) is 21.2. The lowest BCUT2D eigenvalue weighted by atomic mass is 9.76. The van der Waals surface area contributed by atoms with Crippen LogP contribution in [0.3, 0.4) is 0 Å². The molecule has 0 aliphatic carbocycles. The zero-order chi connectivity index (χ0) is 36.7. The summed E-state index contributed by atoms with van der Waals surface area (Å²) in [7, 11) is -13.9. The second-order valence-corrected chi connectivity index (χ2v) is 16.6. The number of amides is 1. The van der Waals surface area contributed by atoms with Gasteiger partial charge in [-0.15, -0.1) is 0 Å². The lowest BCUT2D eigenvalue weighted by Gasteiger charge is -2.54. The van der Waals surface area contributed by atoms with Crippen LogP contribution in [-0.4, -0.2) is 78.2 Å². The van der Waals surface area contributed by atoms with Crippen LogP contribution in [0.4, 0.5) is 26.3 Å². The zero-order valence-corrected chi connectivity index (χ0v) is 29.2. The minimum atomic E-state index is -7.16. The highest BCUT2D eigenvalue weighted by molar-refractivity contribution is 7.90. The monoisotopic (exact) mass is 730 g/mol. The van der Waals surface area contributed by atoms with Crippen LogP contribution in [0.1, 0.15) is 112 Å². The minimum Gasteiger partial charge on any atom is -0.465 e. The van der Waals surface area contributed by atoms with Gasteiger partial charge >= 0.3 is 32.5 Å². The van der Waals surface area contributed by atoms with Crippen molar-refractivity contribution in [1.82, 2.24) is 9.62 Å². The average Bonchev–Trinajstić information content (AvgIpc) is 2.90. The quantitative estimate of drug-likeness (QED) is 0.0479. The second kappa shape index (κ2) is 16.2. The molecule has 0 radical (unpaired) electrons. The number of rotatable bonds is 20. The molecule has 1 heterocycles. The van der Waals surface area contributed by atoms with Crippen molar-refractivity contribution >= 4 is 32.0 Å². The number of carbonyl (C=O) groups is 2. The summed E-state index contributed by atoms with van der Waals surface area (Å²) in [5.41, 5.74) is -3.55. The Kier molecular flexibility index (Phi) is 14.8. The Morgan fingerprint density at radius 2 is 1.21 bits per heavy atom. The normalized spacial score (nSPS) is 18.1. The molecule has 1 aliphatic rings. The third kappa shape index (κ3) is 10.3. The topological polar surface area (TPSA) is 147 Å². The highest BCUT2D eigenvalue weighted by atomic mass is 32.2. The predicted molar refractivity (Wildman–Crippen MR) is 163 cm³/mol. The van der Waals surface area contributed by atoms with E-state index in [1.165, 1.54) is 0 Å². The van der Waals surface area contributed by atoms with Gasteiger partial charge in [0, 0.05) is 23.2 Å². The number of hydrogen-bond donors (Lipinski definition) is 2. The van der Waals surface area contributed by atoms with Crippen molar-refractivity contribution in [1.29, 1.82) is 0 Å². The van der Waals surface area contributed by atoms with Crippen LogP contribution in [-0.2, 0) is 34.5 Å². The summed E-state index contributed by atoms with van der Waals surface area (Å²) in [6, 6.07) is 0. The molecule has 0 unspecified atom stereocenters. The number of hydrogen-bond acceptors (Lipinski definition) is 7. The molecule has 0 atom stereocenters. The first-order valence-corrected chi connectivity index (χ1v) is 18.3. The first-order valence-electron chi connectivity index (χ1n) is 15.4. The van der Waals surface area contributed by atoms with E-state index in [1.54, 1.807) is 6.92 Å². The highest BCUT2D eigenvalue weighted by Crippen LogP contribution is 2.55. The van der Waals surface area contributed by atoms with Gasteiger partial charge in [-0.05, 0) is 60.3 Å². The van der Waals surface area contributed by atoms with Crippen molar-refractivity contribution in [2.24, 2.45) is 5.92 Å². The number of nitrogens with one attached hydrogen (secondary N) is 1. The van der Waals surface area contributed by atoms with Gasteiger partial charge in [-0.2, -0.15) is 39.1 Å². The molecule has 1 saturated heterocycles. The van der Waals surface area contributed by atoms with Crippen LogP contribution in [0.25, 0.3) is 0 Å². The molecule has 0 aromatic carbocycles. The second-order valence-electron chi connectivity index (χ2n) is 13.3. The van der Waals surface area contributed by atoms with Crippen molar-refractivity contribution in [3.63, 3.8) is 0 Å². The molecule has 0 spiro atoms. The first kappa shape index (κ1) is 43.1. The van der Waals surface area contributed by atoms with Crippen LogP contribution < -0.4 is 5.32 Å². The van der Waals surface area contributed by atoms with Crippen molar-refractivity contribution < 1.29 is 62.1 Å². The van der Waals surface area contributed by atoms with Crippen LogP contribution in [0.15, 0.2) is 12.2 Å². The SMILES string of the molecule is C=C(C)C(=O)NCCCCCCCCCCCCOC(=O)C1CC(C)(C)N(S(=O)(=O)C(F)(F)C(F)(F)C(F)(F)S(=O)(=O)O)C(C)(C)C1. The van der Waals surface area contributed by atoms with E-state index in [0.717, 1.165) is 85.5 Å². The number of alkyl halides is 6. The Bertz CT molecular complexity index is 1300. The average molecular weight is 731 g/mol. The fourth-order valence-corrected chi connectivity index (χ4v) is 8.62. The predicted octanol–water partition coefficient (Wildman–Crippen LogP) is 6.43.